The van der Waals surface area contributed by atoms with Gasteiger partial charge in [0.05, 0.1) is 12.6 Å². The number of carbonyl (C=O) groups excluding carboxylic acids is 3. The highest BCUT2D eigenvalue weighted by molar-refractivity contribution is 6.19. The number of amides is 4. The lowest BCUT2D eigenvalue weighted by Gasteiger charge is -2.41. The molecule has 1 aliphatic heterocycles. The first-order valence-corrected chi connectivity index (χ1v) is 7.30. The van der Waals surface area contributed by atoms with Gasteiger partial charge in [-0.1, -0.05) is 19.3 Å². The Morgan fingerprint density at radius 3 is 2.50 bits per heavy atom. The molecule has 0 aromatic heterocycles. The minimum atomic E-state index is -1.03. The highest BCUT2D eigenvalue weighted by atomic mass is 16.5. The van der Waals surface area contributed by atoms with Gasteiger partial charge in [0.15, 0.2) is 0 Å². The van der Waals surface area contributed by atoms with Crippen LogP contribution >= 0.6 is 0 Å². The summed E-state index contributed by atoms with van der Waals surface area (Å²) in [5, 5.41) is 2.34. The molecule has 6 nitrogen and oxygen atoms in total. The molecule has 0 bridgehead atoms. The van der Waals surface area contributed by atoms with Crippen LogP contribution in [-0.2, 0) is 14.3 Å². The largest absolute Gasteiger partial charge is 0.377 e. The molecule has 0 aromatic rings. The van der Waals surface area contributed by atoms with Crippen LogP contribution < -0.4 is 5.32 Å². The number of hydrogen-bond acceptors (Lipinski definition) is 4. The van der Waals surface area contributed by atoms with Gasteiger partial charge in [-0.15, -0.1) is 0 Å². The second kappa shape index (κ2) is 5.91. The lowest BCUT2D eigenvalue weighted by molar-refractivity contribution is -0.155. The maximum Gasteiger partial charge on any atom is 0.330 e. The minimum absolute atomic E-state index is 0.188. The molecular formula is C14H22N2O4. The first kappa shape index (κ1) is 15.0. The van der Waals surface area contributed by atoms with Crippen LogP contribution in [0.4, 0.5) is 4.79 Å². The standard InChI is InChI=1S/C14H22N2O4/c1-3-20-10(2)9-16-12(18)14(7-5-4-6-8-14)11(17)15-13(16)19/h10H,3-9H2,1-2H3,(H,15,17,19). The number of barbiturate groups is 1. The summed E-state index contributed by atoms with van der Waals surface area (Å²) in [6.45, 7) is 4.39. The van der Waals surface area contributed by atoms with E-state index < -0.39 is 17.4 Å². The molecule has 4 amide bonds. The van der Waals surface area contributed by atoms with Gasteiger partial charge in [-0.2, -0.15) is 0 Å². The van der Waals surface area contributed by atoms with Gasteiger partial charge in [-0.3, -0.25) is 19.8 Å². The molecule has 2 fully saturated rings. The van der Waals surface area contributed by atoms with E-state index in [9.17, 15) is 14.4 Å². The van der Waals surface area contributed by atoms with E-state index in [1.54, 1.807) is 0 Å². The van der Waals surface area contributed by atoms with Gasteiger partial charge in [-0.05, 0) is 26.7 Å². The fraction of sp³-hybridized carbons (Fsp3) is 0.786. The Balaban J connectivity index is 2.18. The van der Waals surface area contributed by atoms with Crippen LogP contribution in [0.3, 0.4) is 0 Å². The molecule has 0 aromatic carbocycles. The van der Waals surface area contributed by atoms with E-state index in [-0.39, 0.29) is 18.6 Å². The third-order valence-corrected chi connectivity index (χ3v) is 4.15. The van der Waals surface area contributed by atoms with Crippen LogP contribution in [-0.4, -0.2) is 42.0 Å². The Hall–Kier alpha value is -1.43. The summed E-state index contributed by atoms with van der Waals surface area (Å²) in [7, 11) is 0. The highest BCUT2D eigenvalue weighted by Crippen LogP contribution is 2.40. The lowest BCUT2D eigenvalue weighted by Crippen LogP contribution is -2.65. The van der Waals surface area contributed by atoms with Crippen molar-refractivity contribution in [1.82, 2.24) is 10.2 Å². The minimum Gasteiger partial charge on any atom is -0.377 e. The van der Waals surface area contributed by atoms with Gasteiger partial charge in [0.25, 0.3) is 0 Å². The summed E-state index contributed by atoms with van der Waals surface area (Å²) >= 11 is 0. The third kappa shape index (κ3) is 2.57. The van der Waals surface area contributed by atoms with Crippen LogP contribution in [0.2, 0.25) is 0 Å². The summed E-state index contributed by atoms with van der Waals surface area (Å²) in [6, 6.07) is -0.622. The zero-order valence-electron chi connectivity index (χ0n) is 12.1. The molecule has 1 N–H and O–H groups in total. The van der Waals surface area contributed by atoms with Crippen molar-refractivity contribution < 1.29 is 19.1 Å². The number of nitrogens with one attached hydrogen (secondary N) is 1. The van der Waals surface area contributed by atoms with Crippen molar-refractivity contribution in [1.29, 1.82) is 0 Å². The molecule has 112 valence electrons. The van der Waals surface area contributed by atoms with Crippen LogP contribution in [0.15, 0.2) is 0 Å². The molecule has 1 saturated heterocycles. The summed E-state index contributed by atoms with van der Waals surface area (Å²) in [5.41, 5.74) is -1.03. The molecule has 1 heterocycles. The average molecular weight is 282 g/mol. The van der Waals surface area contributed by atoms with Crippen molar-refractivity contribution in [2.45, 2.75) is 52.1 Å². The molecular weight excluding hydrogens is 260 g/mol. The van der Waals surface area contributed by atoms with Crippen molar-refractivity contribution in [2.24, 2.45) is 5.41 Å². The number of ether oxygens (including phenoxy) is 1. The Labute approximate surface area is 118 Å². The van der Waals surface area contributed by atoms with Crippen LogP contribution in [0.1, 0.15) is 46.0 Å². The number of hydrogen-bond donors (Lipinski definition) is 1. The van der Waals surface area contributed by atoms with Crippen molar-refractivity contribution in [3.63, 3.8) is 0 Å². The van der Waals surface area contributed by atoms with E-state index in [0.29, 0.717) is 19.4 Å². The monoisotopic (exact) mass is 282 g/mol. The van der Waals surface area contributed by atoms with Crippen LogP contribution in [0, 0.1) is 5.41 Å². The summed E-state index contributed by atoms with van der Waals surface area (Å²) in [6.07, 6.45) is 3.56. The maximum atomic E-state index is 12.7. The molecule has 0 radical (unpaired) electrons. The van der Waals surface area contributed by atoms with Gasteiger partial charge in [-0.25, -0.2) is 4.79 Å². The Bertz CT molecular complexity index is 415. The second-order valence-corrected chi connectivity index (χ2v) is 5.58. The molecule has 1 saturated carbocycles. The quantitative estimate of drug-likeness (QED) is 0.792. The average Bonchev–Trinajstić information content (AvgIpc) is 2.43. The number of imide groups is 2. The number of carbonyl (C=O) groups is 3. The van der Waals surface area contributed by atoms with Gasteiger partial charge in [0.2, 0.25) is 11.8 Å². The molecule has 1 aliphatic carbocycles. The van der Waals surface area contributed by atoms with Crippen LogP contribution in [0.25, 0.3) is 0 Å². The highest BCUT2D eigenvalue weighted by Gasteiger charge is 2.53. The molecule has 1 spiro atoms. The van der Waals surface area contributed by atoms with Gasteiger partial charge < -0.3 is 4.74 Å². The Kier molecular flexibility index (Phi) is 4.42. The smallest absolute Gasteiger partial charge is 0.330 e. The van der Waals surface area contributed by atoms with E-state index >= 15 is 0 Å². The fourth-order valence-corrected chi connectivity index (χ4v) is 3.09. The second-order valence-electron chi connectivity index (χ2n) is 5.58. The Morgan fingerprint density at radius 1 is 1.25 bits per heavy atom. The molecule has 1 atom stereocenters. The van der Waals surface area contributed by atoms with Gasteiger partial charge in [0.1, 0.15) is 5.41 Å². The topological polar surface area (TPSA) is 75.7 Å². The molecule has 1 unspecified atom stereocenters. The molecule has 6 heteroatoms. The van der Waals surface area contributed by atoms with Crippen molar-refractivity contribution in [3.05, 3.63) is 0 Å². The first-order valence-electron chi connectivity index (χ1n) is 7.30. The van der Waals surface area contributed by atoms with Crippen molar-refractivity contribution >= 4 is 17.8 Å². The zero-order chi connectivity index (χ0) is 14.8. The third-order valence-electron chi connectivity index (χ3n) is 4.15. The van der Waals surface area contributed by atoms with E-state index in [4.69, 9.17) is 4.74 Å². The normalized spacial score (nSPS) is 23.9. The van der Waals surface area contributed by atoms with E-state index in [1.807, 2.05) is 13.8 Å². The van der Waals surface area contributed by atoms with E-state index in [1.165, 1.54) is 0 Å². The SMILES string of the molecule is CCOC(C)CN1C(=O)NC(=O)C2(CCCCC2)C1=O. The summed E-state index contributed by atoms with van der Waals surface area (Å²) in [5.74, 6) is -0.773. The van der Waals surface area contributed by atoms with Gasteiger partial charge >= 0.3 is 6.03 Å². The zero-order valence-corrected chi connectivity index (χ0v) is 12.1. The first-order chi connectivity index (χ1) is 9.51. The predicted octanol–water partition coefficient (Wildman–Crippen LogP) is 1.44. The maximum absolute atomic E-state index is 12.7. The number of urea groups is 1. The van der Waals surface area contributed by atoms with E-state index in [2.05, 4.69) is 5.32 Å². The molecule has 2 aliphatic rings. The molecule has 2 rings (SSSR count). The Morgan fingerprint density at radius 2 is 1.90 bits per heavy atom. The molecule has 20 heavy (non-hydrogen) atoms. The summed E-state index contributed by atoms with van der Waals surface area (Å²) < 4.78 is 5.39. The predicted molar refractivity (Wildman–Crippen MR) is 71.9 cm³/mol. The van der Waals surface area contributed by atoms with Crippen molar-refractivity contribution in [2.75, 3.05) is 13.2 Å². The lowest BCUT2D eigenvalue weighted by atomic mass is 9.71. The van der Waals surface area contributed by atoms with E-state index in [0.717, 1.165) is 24.2 Å². The van der Waals surface area contributed by atoms with Crippen molar-refractivity contribution in [3.8, 4) is 0 Å². The van der Waals surface area contributed by atoms with Gasteiger partial charge in [0, 0.05) is 6.61 Å². The van der Waals surface area contributed by atoms with Crippen LogP contribution in [0.5, 0.6) is 0 Å². The number of nitrogens with zero attached hydrogens (tertiary/aromatic N) is 1. The fourth-order valence-electron chi connectivity index (χ4n) is 3.09. The number of rotatable bonds is 4. The summed E-state index contributed by atoms with van der Waals surface area (Å²) in [4.78, 5) is 37.8.